The van der Waals surface area contributed by atoms with E-state index in [1.54, 1.807) is 60.7 Å². The third-order valence-corrected chi connectivity index (χ3v) is 3.48. The van der Waals surface area contributed by atoms with Crippen LogP contribution in [0.3, 0.4) is 0 Å². The lowest BCUT2D eigenvalue weighted by Crippen LogP contribution is -2.47. The molecule has 1 aliphatic rings. The first-order chi connectivity index (χ1) is 10.4. The normalized spacial score (nSPS) is 21.8. The molecule has 1 atom stereocenters. The number of aliphatic hydroxyl groups is 1. The molecule has 0 amide bonds. The summed E-state index contributed by atoms with van der Waals surface area (Å²) in [5.41, 5.74) is -2.04. The molecule has 1 heterocycles. The first-order valence-corrected chi connectivity index (χ1v) is 6.68. The van der Waals surface area contributed by atoms with Crippen LogP contribution in [0, 0.1) is 0 Å². The smallest absolute Gasteiger partial charge is 0.361 e. The minimum atomic E-state index is -4.84. The molecular weight excluding hydrogens is 293 g/mol. The zero-order valence-corrected chi connectivity index (χ0v) is 11.5. The second-order valence-electron chi connectivity index (χ2n) is 5.04. The number of para-hydroxylation sites is 1. The number of β-amino-alcohol motifs (C(OH)–C–C–N with tert-alkyl or cyclic N) is 1. The summed E-state index contributed by atoms with van der Waals surface area (Å²) in [7, 11) is 0. The van der Waals surface area contributed by atoms with E-state index < -0.39 is 18.4 Å². The highest BCUT2D eigenvalue weighted by Gasteiger charge is 2.58. The van der Waals surface area contributed by atoms with Crippen molar-refractivity contribution in [3.05, 3.63) is 66.2 Å². The van der Waals surface area contributed by atoms with Crippen molar-refractivity contribution in [2.75, 3.05) is 11.4 Å². The van der Waals surface area contributed by atoms with Crippen LogP contribution in [-0.2, 0) is 0 Å². The number of nitrogens with zero attached hydrogens (tertiary/aromatic N) is 2. The van der Waals surface area contributed by atoms with Crippen LogP contribution in [0.4, 0.5) is 18.9 Å². The molecule has 0 spiro atoms. The molecule has 6 heteroatoms. The van der Waals surface area contributed by atoms with E-state index in [2.05, 4.69) is 4.99 Å². The van der Waals surface area contributed by atoms with E-state index in [1.165, 1.54) is 4.90 Å². The Hall–Kier alpha value is -2.34. The third kappa shape index (κ3) is 2.46. The van der Waals surface area contributed by atoms with Crippen molar-refractivity contribution in [3.8, 4) is 0 Å². The van der Waals surface area contributed by atoms with Gasteiger partial charge in [0.05, 0.1) is 6.54 Å². The van der Waals surface area contributed by atoms with Crippen LogP contribution in [0.15, 0.2) is 65.7 Å². The van der Waals surface area contributed by atoms with Gasteiger partial charge in [-0.15, -0.1) is 0 Å². The number of halogens is 3. The fraction of sp³-hybridized carbons (Fsp3) is 0.188. The zero-order chi connectivity index (χ0) is 15.8. The average Bonchev–Trinajstić information content (AvgIpc) is 2.88. The Labute approximate surface area is 125 Å². The number of benzene rings is 2. The summed E-state index contributed by atoms with van der Waals surface area (Å²) in [5, 5.41) is 9.94. The Morgan fingerprint density at radius 2 is 1.50 bits per heavy atom. The van der Waals surface area contributed by atoms with Crippen molar-refractivity contribution in [1.82, 2.24) is 0 Å². The molecule has 3 rings (SSSR count). The van der Waals surface area contributed by atoms with Crippen molar-refractivity contribution < 1.29 is 18.3 Å². The lowest BCUT2D eigenvalue weighted by molar-refractivity contribution is -0.249. The first-order valence-electron chi connectivity index (χ1n) is 6.68. The number of hydrogen-bond donors (Lipinski definition) is 1. The SMILES string of the molecule is OC1(C(F)(F)F)CN(c2ccccc2)C(c2ccccc2)=N1. The lowest BCUT2D eigenvalue weighted by Gasteiger charge is -2.25. The number of alkyl halides is 3. The van der Waals surface area contributed by atoms with E-state index in [1.807, 2.05) is 0 Å². The largest absolute Gasteiger partial charge is 0.440 e. The standard InChI is InChI=1S/C16H13F3N2O/c17-16(18,19)15(22)11-21(13-9-5-2-6-10-13)14(20-15)12-7-3-1-4-8-12/h1-10,22H,11H2. The number of amidine groups is 1. The second kappa shape index (κ2) is 5.14. The summed E-state index contributed by atoms with van der Waals surface area (Å²) in [6.45, 7) is -0.662. The fourth-order valence-corrected chi connectivity index (χ4v) is 2.35. The van der Waals surface area contributed by atoms with Gasteiger partial charge in [0.1, 0.15) is 5.84 Å². The molecule has 22 heavy (non-hydrogen) atoms. The van der Waals surface area contributed by atoms with Crippen molar-refractivity contribution in [1.29, 1.82) is 0 Å². The van der Waals surface area contributed by atoms with Crippen molar-refractivity contribution in [2.24, 2.45) is 4.99 Å². The molecule has 0 aliphatic carbocycles. The average molecular weight is 306 g/mol. The summed E-state index contributed by atoms with van der Waals surface area (Å²) in [6, 6.07) is 17.1. The third-order valence-electron chi connectivity index (χ3n) is 3.48. The Kier molecular flexibility index (Phi) is 3.41. The summed E-state index contributed by atoms with van der Waals surface area (Å²) >= 11 is 0. The topological polar surface area (TPSA) is 35.8 Å². The number of hydrogen-bond acceptors (Lipinski definition) is 3. The molecule has 0 radical (unpaired) electrons. The molecule has 0 bridgehead atoms. The van der Waals surface area contributed by atoms with E-state index >= 15 is 0 Å². The maximum Gasteiger partial charge on any atom is 0.440 e. The molecule has 1 unspecified atom stereocenters. The van der Waals surface area contributed by atoms with Crippen LogP contribution in [0.1, 0.15) is 5.56 Å². The Bertz CT molecular complexity index is 686. The van der Waals surface area contributed by atoms with Gasteiger partial charge in [0.15, 0.2) is 0 Å². The highest BCUT2D eigenvalue weighted by atomic mass is 19.4. The molecule has 114 valence electrons. The highest BCUT2D eigenvalue weighted by Crippen LogP contribution is 2.38. The minimum Gasteiger partial charge on any atom is -0.361 e. The van der Waals surface area contributed by atoms with Gasteiger partial charge in [-0.1, -0.05) is 48.5 Å². The van der Waals surface area contributed by atoms with Gasteiger partial charge in [-0.25, -0.2) is 4.99 Å². The Morgan fingerprint density at radius 1 is 0.955 bits per heavy atom. The molecule has 0 fully saturated rings. The van der Waals surface area contributed by atoms with Crippen molar-refractivity contribution in [2.45, 2.75) is 11.9 Å². The molecule has 0 aromatic heterocycles. The second-order valence-corrected chi connectivity index (χ2v) is 5.04. The van der Waals surface area contributed by atoms with Crippen LogP contribution < -0.4 is 4.90 Å². The summed E-state index contributed by atoms with van der Waals surface area (Å²) in [4.78, 5) is 4.97. The quantitative estimate of drug-likeness (QED) is 0.925. The summed E-state index contributed by atoms with van der Waals surface area (Å²) < 4.78 is 39.4. The van der Waals surface area contributed by atoms with Gasteiger partial charge in [-0.3, -0.25) is 0 Å². The first kappa shape index (κ1) is 14.6. The highest BCUT2D eigenvalue weighted by molar-refractivity contribution is 6.11. The Balaban J connectivity index is 2.09. The van der Waals surface area contributed by atoms with Gasteiger partial charge >= 0.3 is 6.18 Å². The van der Waals surface area contributed by atoms with Gasteiger partial charge in [-0.2, -0.15) is 13.2 Å². The molecule has 0 saturated heterocycles. The van der Waals surface area contributed by atoms with Crippen molar-refractivity contribution in [3.63, 3.8) is 0 Å². The molecule has 1 aliphatic heterocycles. The number of anilines is 1. The number of rotatable bonds is 2. The lowest BCUT2D eigenvalue weighted by atomic mass is 10.1. The molecular formula is C16H13F3N2O. The van der Waals surface area contributed by atoms with Gasteiger partial charge in [-0.05, 0) is 12.1 Å². The van der Waals surface area contributed by atoms with Crippen LogP contribution in [-0.4, -0.2) is 29.4 Å². The van der Waals surface area contributed by atoms with E-state index in [0.717, 1.165) is 0 Å². The predicted molar refractivity (Wildman–Crippen MR) is 77.8 cm³/mol. The van der Waals surface area contributed by atoms with Gasteiger partial charge in [0, 0.05) is 11.3 Å². The fourth-order valence-electron chi connectivity index (χ4n) is 2.35. The number of aliphatic imine (C=N–C) groups is 1. The van der Waals surface area contributed by atoms with Crippen LogP contribution in [0.2, 0.25) is 0 Å². The van der Waals surface area contributed by atoms with E-state index in [9.17, 15) is 18.3 Å². The maximum atomic E-state index is 13.1. The molecule has 2 aromatic carbocycles. The summed E-state index contributed by atoms with van der Waals surface area (Å²) in [5.74, 6) is 0.103. The summed E-state index contributed by atoms with van der Waals surface area (Å²) in [6.07, 6.45) is -4.84. The van der Waals surface area contributed by atoms with Crippen LogP contribution in [0.5, 0.6) is 0 Å². The van der Waals surface area contributed by atoms with E-state index in [4.69, 9.17) is 0 Å². The van der Waals surface area contributed by atoms with E-state index in [0.29, 0.717) is 11.3 Å². The van der Waals surface area contributed by atoms with Gasteiger partial charge in [0.25, 0.3) is 5.72 Å². The molecule has 3 nitrogen and oxygen atoms in total. The zero-order valence-electron chi connectivity index (χ0n) is 11.5. The van der Waals surface area contributed by atoms with Crippen molar-refractivity contribution >= 4 is 11.5 Å². The van der Waals surface area contributed by atoms with Crippen LogP contribution >= 0.6 is 0 Å². The monoisotopic (exact) mass is 306 g/mol. The van der Waals surface area contributed by atoms with E-state index in [-0.39, 0.29) is 5.84 Å². The minimum absolute atomic E-state index is 0.103. The predicted octanol–water partition coefficient (Wildman–Crippen LogP) is 3.20. The van der Waals surface area contributed by atoms with Gasteiger partial charge in [0.2, 0.25) is 0 Å². The Morgan fingerprint density at radius 3 is 2.05 bits per heavy atom. The molecule has 0 saturated carbocycles. The maximum absolute atomic E-state index is 13.1. The van der Waals surface area contributed by atoms with Gasteiger partial charge < -0.3 is 10.0 Å². The van der Waals surface area contributed by atoms with Crippen LogP contribution in [0.25, 0.3) is 0 Å². The molecule has 1 N–H and O–H groups in total. The molecule has 2 aromatic rings.